The van der Waals surface area contributed by atoms with Crippen molar-refractivity contribution in [2.75, 3.05) is 0 Å². The molecule has 0 unspecified atom stereocenters. The first-order chi connectivity index (χ1) is 7.36. The first kappa shape index (κ1) is 16.3. The van der Waals surface area contributed by atoms with Crippen molar-refractivity contribution >= 4 is 22.4 Å². The fourth-order valence-electron chi connectivity index (χ4n) is 1.25. The lowest BCUT2D eigenvalue weighted by Gasteiger charge is -2.11. The highest BCUT2D eigenvalue weighted by molar-refractivity contribution is 7.89. The van der Waals surface area contributed by atoms with Gasteiger partial charge in [0.15, 0.2) is 0 Å². The van der Waals surface area contributed by atoms with Crippen molar-refractivity contribution in [1.29, 1.82) is 0 Å². The lowest BCUT2D eigenvalue weighted by Crippen LogP contribution is -2.31. The van der Waals surface area contributed by atoms with Gasteiger partial charge in [0, 0.05) is 12.6 Å². The van der Waals surface area contributed by atoms with E-state index < -0.39 is 15.8 Å². The molecule has 0 aliphatic heterocycles. The summed E-state index contributed by atoms with van der Waals surface area (Å²) < 4.78 is 39.2. The molecule has 1 aromatic carbocycles. The van der Waals surface area contributed by atoms with Crippen LogP contribution in [0.3, 0.4) is 0 Å². The Hall–Kier alpha value is -0.690. The van der Waals surface area contributed by atoms with E-state index in [4.69, 9.17) is 5.73 Å². The minimum atomic E-state index is -3.80. The molecule has 0 aliphatic rings. The average molecular weight is 283 g/mol. The Bertz CT molecular complexity index is 477. The maximum atomic E-state index is 13.4. The summed E-state index contributed by atoms with van der Waals surface area (Å²) in [6.07, 6.45) is 0. The van der Waals surface area contributed by atoms with Crippen molar-refractivity contribution < 1.29 is 12.8 Å². The molecule has 1 rings (SSSR count). The predicted molar refractivity (Wildman–Crippen MR) is 67.0 cm³/mol. The quantitative estimate of drug-likeness (QED) is 0.877. The van der Waals surface area contributed by atoms with Gasteiger partial charge in [-0.1, -0.05) is 6.07 Å². The normalized spacial score (nSPS) is 11.4. The molecule has 0 aliphatic carbocycles. The lowest BCUT2D eigenvalue weighted by atomic mass is 10.2. The van der Waals surface area contributed by atoms with E-state index in [0.29, 0.717) is 5.56 Å². The fourth-order valence-corrected chi connectivity index (χ4v) is 2.63. The minimum absolute atomic E-state index is 0. The second kappa shape index (κ2) is 6.30. The van der Waals surface area contributed by atoms with Gasteiger partial charge in [-0.3, -0.25) is 0 Å². The lowest BCUT2D eigenvalue weighted by molar-refractivity contribution is 0.548. The van der Waals surface area contributed by atoms with E-state index in [0.717, 1.165) is 6.07 Å². The van der Waals surface area contributed by atoms with Crippen molar-refractivity contribution in [3.8, 4) is 0 Å². The van der Waals surface area contributed by atoms with Crippen molar-refractivity contribution in [1.82, 2.24) is 4.72 Å². The number of hydrogen-bond acceptors (Lipinski definition) is 3. The monoisotopic (exact) mass is 282 g/mol. The molecular weight excluding hydrogens is 267 g/mol. The van der Waals surface area contributed by atoms with Crippen LogP contribution < -0.4 is 10.5 Å². The second-order valence-corrected chi connectivity index (χ2v) is 5.43. The van der Waals surface area contributed by atoms with Crippen LogP contribution in [-0.4, -0.2) is 14.5 Å². The van der Waals surface area contributed by atoms with E-state index >= 15 is 0 Å². The maximum absolute atomic E-state index is 13.4. The second-order valence-electron chi connectivity index (χ2n) is 3.74. The van der Waals surface area contributed by atoms with E-state index in [-0.39, 0.29) is 29.9 Å². The first-order valence-corrected chi connectivity index (χ1v) is 6.36. The molecule has 0 bridgehead atoms. The van der Waals surface area contributed by atoms with Crippen LogP contribution in [-0.2, 0) is 16.6 Å². The van der Waals surface area contributed by atoms with Crippen LogP contribution in [0.2, 0.25) is 0 Å². The smallest absolute Gasteiger partial charge is 0.243 e. The number of sulfonamides is 1. The Morgan fingerprint density at radius 1 is 1.41 bits per heavy atom. The molecule has 4 nitrogen and oxygen atoms in total. The molecule has 0 aromatic heterocycles. The van der Waals surface area contributed by atoms with Gasteiger partial charge >= 0.3 is 0 Å². The molecule has 98 valence electrons. The zero-order valence-electron chi connectivity index (χ0n) is 9.60. The molecule has 0 atom stereocenters. The zero-order chi connectivity index (χ0) is 12.3. The van der Waals surface area contributed by atoms with Crippen LogP contribution in [0.1, 0.15) is 19.4 Å². The van der Waals surface area contributed by atoms with E-state index in [9.17, 15) is 12.8 Å². The number of hydrogen-bond donors (Lipinski definition) is 2. The van der Waals surface area contributed by atoms with Gasteiger partial charge in [0.25, 0.3) is 0 Å². The summed E-state index contributed by atoms with van der Waals surface area (Å²) in [5.41, 5.74) is 5.95. The topological polar surface area (TPSA) is 72.2 Å². The van der Waals surface area contributed by atoms with Crippen LogP contribution in [0.15, 0.2) is 23.1 Å². The van der Waals surface area contributed by atoms with Gasteiger partial charge in [0.1, 0.15) is 10.7 Å². The summed E-state index contributed by atoms with van der Waals surface area (Å²) in [5.74, 6) is -0.773. The van der Waals surface area contributed by atoms with Crippen molar-refractivity contribution in [2.45, 2.75) is 31.3 Å². The summed E-state index contributed by atoms with van der Waals surface area (Å²) in [4.78, 5) is -0.357. The fraction of sp³-hybridized carbons (Fsp3) is 0.400. The minimum Gasteiger partial charge on any atom is -0.326 e. The molecule has 0 fully saturated rings. The number of nitrogens with two attached hydrogens (primary N) is 1. The van der Waals surface area contributed by atoms with Crippen LogP contribution in [0, 0.1) is 5.82 Å². The van der Waals surface area contributed by atoms with Crippen LogP contribution in [0.25, 0.3) is 0 Å². The Morgan fingerprint density at radius 3 is 2.47 bits per heavy atom. The molecule has 0 heterocycles. The molecule has 0 radical (unpaired) electrons. The molecule has 7 heteroatoms. The SMILES string of the molecule is CC(C)NS(=O)(=O)c1cc(CN)ccc1F.Cl. The van der Waals surface area contributed by atoms with Crippen molar-refractivity contribution in [3.63, 3.8) is 0 Å². The largest absolute Gasteiger partial charge is 0.326 e. The van der Waals surface area contributed by atoms with Crippen LogP contribution >= 0.6 is 12.4 Å². The summed E-state index contributed by atoms with van der Waals surface area (Å²) in [5, 5.41) is 0. The molecule has 0 saturated heterocycles. The Balaban J connectivity index is 0.00000256. The highest BCUT2D eigenvalue weighted by Gasteiger charge is 2.20. The van der Waals surface area contributed by atoms with E-state index in [2.05, 4.69) is 4.72 Å². The summed E-state index contributed by atoms with van der Waals surface area (Å²) in [6.45, 7) is 3.51. The van der Waals surface area contributed by atoms with E-state index in [1.54, 1.807) is 13.8 Å². The number of rotatable bonds is 4. The van der Waals surface area contributed by atoms with Crippen molar-refractivity contribution in [3.05, 3.63) is 29.6 Å². The van der Waals surface area contributed by atoms with Gasteiger partial charge in [-0.05, 0) is 31.5 Å². The third-order valence-corrected chi connectivity index (χ3v) is 3.59. The summed E-state index contributed by atoms with van der Waals surface area (Å²) in [7, 11) is -3.80. The van der Waals surface area contributed by atoms with E-state index in [1.165, 1.54) is 12.1 Å². The average Bonchev–Trinajstić information content (AvgIpc) is 2.16. The highest BCUT2D eigenvalue weighted by Crippen LogP contribution is 2.16. The van der Waals surface area contributed by atoms with E-state index in [1.807, 2.05) is 0 Å². The first-order valence-electron chi connectivity index (χ1n) is 4.87. The Kier molecular flexibility index (Phi) is 6.04. The predicted octanol–water partition coefficient (Wildman–Crippen LogP) is 1.39. The van der Waals surface area contributed by atoms with Gasteiger partial charge in [0.2, 0.25) is 10.0 Å². The number of halogens is 2. The Labute approximate surface area is 107 Å². The van der Waals surface area contributed by atoms with Gasteiger partial charge < -0.3 is 5.73 Å². The molecule has 1 aromatic rings. The molecule has 0 amide bonds. The van der Waals surface area contributed by atoms with Gasteiger partial charge in [-0.2, -0.15) is 0 Å². The molecule has 3 N–H and O–H groups in total. The van der Waals surface area contributed by atoms with Crippen LogP contribution in [0.4, 0.5) is 4.39 Å². The molecule has 0 saturated carbocycles. The van der Waals surface area contributed by atoms with Gasteiger partial charge in [-0.15, -0.1) is 12.4 Å². The molecule has 0 spiro atoms. The number of benzene rings is 1. The Morgan fingerprint density at radius 2 is 2.00 bits per heavy atom. The van der Waals surface area contributed by atoms with Crippen LogP contribution in [0.5, 0.6) is 0 Å². The molecular formula is C10H16ClFN2O2S. The number of nitrogens with one attached hydrogen (secondary N) is 1. The zero-order valence-corrected chi connectivity index (χ0v) is 11.2. The van der Waals surface area contributed by atoms with Gasteiger partial charge in [0.05, 0.1) is 0 Å². The summed E-state index contributed by atoms with van der Waals surface area (Å²) >= 11 is 0. The third kappa shape index (κ3) is 4.23. The van der Waals surface area contributed by atoms with Crippen molar-refractivity contribution in [2.24, 2.45) is 5.73 Å². The highest BCUT2D eigenvalue weighted by atomic mass is 35.5. The third-order valence-electron chi connectivity index (χ3n) is 1.91. The maximum Gasteiger partial charge on any atom is 0.243 e. The molecule has 17 heavy (non-hydrogen) atoms. The van der Waals surface area contributed by atoms with Gasteiger partial charge in [-0.25, -0.2) is 17.5 Å². The standard InChI is InChI=1S/C10H15FN2O2S.ClH/c1-7(2)13-16(14,15)10-5-8(6-12)3-4-9(10)11;/h3-5,7,13H,6,12H2,1-2H3;1H. The summed E-state index contributed by atoms with van der Waals surface area (Å²) in [6, 6.07) is 3.53.